The molecule has 1 amide bonds. The van der Waals surface area contributed by atoms with Crippen LogP contribution in [0.4, 0.5) is 0 Å². The number of hydroxylamine groups is 1. The number of aromatic nitrogens is 2. The SMILES string of the molecule is O=C(c1sc2ccccc2c1Cl)N1CCn2cc(C(O)NO)nc2C1. The normalized spacial score (nSPS) is 15.4. The van der Waals surface area contributed by atoms with Crippen LogP contribution >= 0.6 is 22.9 Å². The molecule has 3 heterocycles. The van der Waals surface area contributed by atoms with Crippen molar-refractivity contribution in [2.24, 2.45) is 0 Å². The summed E-state index contributed by atoms with van der Waals surface area (Å²) in [4.78, 5) is 19.4. The maximum Gasteiger partial charge on any atom is 0.265 e. The Labute approximate surface area is 152 Å². The fraction of sp³-hybridized carbons (Fsp3) is 0.250. The number of amides is 1. The molecule has 1 aromatic carbocycles. The Hall–Kier alpha value is -1.97. The molecule has 0 saturated carbocycles. The lowest BCUT2D eigenvalue weighted by molar-refractivity contribution is -0.00173. The number of hydrogen-bond acceptors (Lipinski definition) is 6. The highest BCUT2D eigenvalue weighted by Gasteiger charge is 2.27. The average Bonchev–Trinajstić information content (AvgIpc) is 3.21. The van der Waals surface area contributed by atoms with Crippen molar-refractivity contribution in [3.8, 4) is 0 Å². The molecule has 0 saturated heterocycles. The number of nitrogens with one attached hydrogen (secondary N) is 1. The summed E-state index contributed by atoms with van der Waals surface area (Å²) in [5.41, 5.74) is 2.07. The molecule has 1 atom stereocenters. The third-order valence-electron chi connectivity index (χ3n) is 4.24. The van der Waals surface area contributed by atoms with E-state index in [9.17, 15) is 9.90 Å². The van der Waals surface area contributed by atoms with Crippen LogP contribution in [0.1, 0.15) is 27.4 Å². The number of carbonyl (C=O) groups is 1. The van der Waals surface area contributed by atoms with Gasteiger partial charge in [-0.05, 0) is 6.07 Å². The molecule has 0 aliphatic carbocycles. The van der Waals surface area contributed by atoms with Crippen molar-refractivity contribution >= 4 is 38.9 Å². The predicted molar refractivity (Wildman–Crippen MR) is 93.7 cm³/mol. The summed E-state index contributed by atoms with van der Waals surface area (Å²) in [5.74, 6) is 0.531. The topological polar surface area (TPSA) is 90.6 Å². The van der Waals surface area contributed by atoms with Gasteiger partial charge in [0.25, 0.3) is 5.91 Å². The molecule has 0 bridgehead atoms. The van der Waals surface area contributed by atoms with Gasteiger partial charge in [0.05, 0.1) is 11.6 Å². The minimum atomic E-state index is -1.25. The first-order valence-corrected chi connectivity index (χ1v) is 8.88. The molecule has 1 unspecified atom stereocenters. The Balaban J connectivity index is 1.61. The van der Waals surface area contributed by atoms with Crippen molar-refractivity contribution < 1.29 is 15.1 Å². The van der Waals surface area contributed by atoms with Crippen LogP contribution in [-0.2, 0) is 13.1 Å². The van der Waals surface area contributed by atoms with Gasteiger partial charge < -0.3 is 19.8 Å². The minimum absolute atomic E-state index is 0.122. The van der Waals surface area contributed by atoms with Crippen LogP contribution < -0.4 is 5.48 Å². The van der Waals surface area contributed by atoms with Gasteiger partial charge in [0.2, 0.25) is 0 Å². The second-order valence-corrected chi connectivity index (χ2v) is 7.21. The number of carbonyl (C=O) groups excluding carboxylic acids is 1. The van der Waals surface area contributed by atoms with E-state index in [4.69, 9.17) is 16.8 Å². The highest BCUT2D eigenvalue weighted by atomic mass is 35.5. The van der Waals surface area contributed by atoms with Gasteiger partial charge in [0.15, 0.2) is 6.23 Å². The number of aliphatic hydroxyl groups is 1. The van der Waals surface area contributed by atoms with E-state index in [2.05, 4.69) is 4.98 Å². The molecule has 3 aromatic rings. The molecular formula is C16H15ClN4O3S. The lowest BCUT2D eigenvalue weighted by Crippen LogP contribution is -2.38. The molecule has 1 aliphatic rings. The second kappa shape index (κ2) is 6.40. The number of thiophene rings is 1. The highest BCUT2D eigenvalue weighted by Crippen LogP contribution is 2.36. The number of hydrogen-bond donors (Lipinski definition) is 3. The van der Waals surface area contributed by atoms with Gasteiger partial charge in [-0.3, -0.25) is 4.79 Å². The largest absolute Gasteiger partial charge is 0.371 e. The number of fused-ring (bicyclic) bond motifs is 2. The molecule has 9 heteroatoms. The third kappa shape index (κ3) is 2.82. The van der Waals surface area contributed by atoms with Crippen LogP contribution in [0.2, 0.25) is 5.02 Å². The number of aliphatic hydroxyl groups excluding tert-OH is 1. The first kappa shape index (κ1) is 16.5. The van der Waals surface area contributed by atoms with Gasteiger partial charge in [-0.2, -0.15) is 5.48 Å². The Kier molecular flexibility index (Phi) is 4.22. The first-order valence-electron chi connectivity index (χ1n) is 7.68. The Bertz CT molecular complexity index is 954. The monoisotopic (exact) mass is 378 g/mol. The molecule has 0 radical (unpaired) electrons. The third-order valence-corrected chi connectivity index (χ3v) is 5.90. The molecule has 7 nitrogen and oxygen atoms in total. The minimum Gasteiger partial charge on any atom is -0.371 e. The Morgan fingerprint density at radius 2 is 2.16 bits per heavy atom. The van der Waals surface area contributed by atoms with Crippen LogP contribution in [0.3, 0.4) is 0 Å². The standard InChI is InChI=1S/C16H15ClN4O3S/c17-13-9-3-1-2-4-11(9)25-14(13)16(23)21-6-5-20-7-10(15(22)19-24)18-12(20)8-21/h1-4,7,15,19,22,24H,5-6,8H2. The van der Waals surface area contributed by atoms with Crippen molar-refractivity contribution in [1.82, 2.24) is 19.9 Å². The number of nitrogens with zero attached hydrogens (tertiary/aromatic N) is 3. The van der Waals surface area contributed by atoms with Crippen LogP contribution in [0.15, 0.2) is 30.5 Å². The fourth-order valence-corrected chi connectivity index (χ4v) is 4.42. The molecule has 25 heavy (non-hydrogen) atoms. The molecule has 2 aromatic heterocycles. The van der Waals surface area contributed by atoms with E-state index in [0.29, 0.717) is 41.1 Å². The van der Waals surface area contributed by atoms with Gasteiger partial charge in [-0.25, -0.2) is 4.98 Å². The number of rotatable bonds is 3. The Morgan fingerprint density at radius 1 is 1.36 bits per heavy atom. The van der Waals surface area contributed by atoms with E-state index < -0.39 is 6.23 Å². The summed E-state index contributed by atoms with van der Waals surface area (Å²) in [6.45, 7) is 1.41. The quantitative estimate of drug-likeness (QED) is 0.481. The summed E-state index contributed by atoms with van der Waals surface area (Å²) in [6.07, 6.45) is 0.413. The Morgan fingerprint density at radius 3 is 2.92 bits per heavy atom. The first-order chi connectivity index (χ1) is 12.1. The smallest absolute Gasteiger partial charge is 0.265 e. The van der Waals surface area contributed by atoms with Crippen LogP contribution in [0, 0.1) is 0 Å². The molecule has 0 fully saturated rings. The summed E-state index contributed by atoms with van der Waals surface area (Å²) >= 11 is 7.80. The van der Waals surface area contributed by atoms with E-state index in [1.54, 1.807) is 16.6 Å². The van der Waals surface area contributed by atoms with E-state index in [1.807, 2.05) is 28.8 Å². The van der Waals surface area contributed by atoms with Gasteiger partial charge >= 0.3 is 0 Å². The molecule has 1 aliphatic heterocycles. The number of benzene rings is 1. The van der Waals surface area contributed by atoms with Crippen LogP contribution in [0.25, 0.3) is 10.1 Å². The van der Waals surface area contributed by atoms with Gasteiger partial charge in [0.1, 0.15) is 16.4 Å². The summed E-state index contributed by atoms with van der Waals surface area (Å²) in [6, 6.07) is 7.67. The number of imidazole rings is 1. The van der Waals surface area contributed by atoms with E-state index in [-0.39, 0.29) is 5.91 Å². The van der Waals surface area contributed by atoms with Gasteiger partial charge in [-0.1, -0.05) is 29.8 Å². The zero-order chi connectivity index (χ0) is 17.6. The van der Waals surface area contributed by atoms with Crippen molar-refractivity contribution in [2.45, 2.75) is 19.3 Å². The maximum absolute atomic E-state index is 12.9. The summed E-state index contributed by atoms with van der Waals surface area (Å²) < 4.78 is 2.85. The van der Waals surface area contributed by atoms with E-state index in [0.717, 1.165) is 10.1 Å². The van der Waals surface area contributed by atoms with Crippen LogP contribution in [0.5, 0.6) is 0 Å². The van der Waals surface area contributed by atoms with Gasteiger partial charge in [0, 0.05) is 29.4 Å². The summed E-state index contributed by atoms with van der Waals surface area (Å²) in [7, 11) is 0. The molecule has 130 valence electrons. The number of halogens is 1. The molecular weight excluding hydrogens is 364 g/mol. The zero-order valence-corrected chi connectivity index (χ0v) is 14.6. The zero-order valence-electron chi connectivity index (χ0n) is 13.0. The van der Waals surface area contributed by atoms with E-state index in [1.165, 1.54) is 11.3 Å². The van der Waals surface area contributed by atoms with E-state index >= 15 is 0 Å². The second-order valence-electron chi connectivity index (χ2n) is 5.78. The highest BCUT2D eigenvalue weighted by molar-refractivity contribution is 7.21. The average molecular weight is 379 g/mol. The molecule has 3 N–H and O–H groups in total. The van der Waals surface area contributed by atoms with Gasteiger partial charge in [-0.15, -0.1) is 11.3 Å². The molecule has 4 rings (SSSR count). The molecule has 0 spiro atoms. The lowest BCUT2D eigenvalue weighted by Gasteiger charge is -2.27. The maximum atomic E-state index is 12.9. The van der Waals surface area contributed by atoms with Crippen molar-refractivity contribution in [3.05, 3.63) is 51.9 Å². The van der Waals surface area contributed by atoms with Crippen molar-refractivity contribution in [3.63, 3.8) is 0 Å². The summed E-state index contributed by atoms with van der Waals surface area (Å²) in [5, 5.41) is 19.8. The van der Waals surface area contributed by atoms with Crippen LogP contribution in [-0.4, -0.2) is 37.2 Å². The van der Waals surface area contributed by atoms with Crippen molar-refractivity contribution in [1.29, 1.82) is 0 Å². The lowest BCUT2D eigenvalue weighted by atomic mass is 10.2. The predicted octanol–water partition coefficient (Wildman–Crippen LogP) is 2.38. The fourth-order valence-electron chi connectivity index (χ4n) is 2.94. The van der Waals surface area contributed by atoms with Crippen molar-refractivity contribution in [2.75, 3.05) is 6.54 Å².